The molecule has 3 heterocycles. The van der Waals surface area contributed by atoms with Crippen molar-refractivity contribution in [1.82, 2.24) is 25.0 Å². The largest absolute Gasteiger partial charge is 0.356 e. The zero-order valence-electron chi connectivity index (χ0n) is 20.0. The molecular formula is C26H33N5O2. The van der Waals surface area contributed by atoms with Crippen molar-refractivity contribution in [3.05, 3.63) is 47.7 Å². The lowest BCUT2D eigenvalue weighted by atomic mass is 9.94. The maximum atomic E-state index is 13.6. The first-order valence-corrected chi connectivity index (χ1v) is 11.8. The fourth-order valence-corrected chi connectivity index (χ4v) is 4.51. The van der Waals surface area contributed by atoms with E-state index < -0.39 is 0 Å². The number of hydrogen-bond donors (Lipinski definition) is 1. The number of nitrogens with one attached hydrogen (secondary N) is 1. The molecule has 1 N–H and O–H groups in total. The lowest BCUT2D eigenvalue weighted by molar-refractivity contribution is -0.126. The van der Waals surface area contributed by atoms with Gasteiger partial charge in [0.25, 0.3) is 5.91 Å². The van der Waals surface area contributed by atoms with Gasteiger partial charge in [-0.15, -0.1) is 0 Å². The predicted molar refractivity (Wildman–Crippen MR) is 130 cm³/mol. The van der Waals surface area contributed by atoms with Crippen LogP contribution in [0.1, 0.15) is 49.2 Å². The van der Waals surface area contributed by atoms with E-state index in [4.69, 9.17) is 4.98 Å². The number of rotatable bonds is 6. The number of likely N-dealkylation sites (tertiary alicyclic amines) is 1. The van der Waals surface area contributed by atoms with Crippen LogP contribution >= 0.6 is 0 Å². The average molecular weight is 448 g/mol. The highest BCUT2D eigenvalue weighted by Crippen LogP contribution is 2.29. The molecule has 7 nitrogen and oxygen atoms in total. The van der Waals surface area contributed by atoms with Gasteiger partial charge in [0.2, 0.25) is 5.91 Å². The maximum Gasteiger partial charge on any atom is 0.254 e. The van der Waals surface area contributed by atoms with Gasteiger partial charge in [0, 0.05) is 38.2 Å². The zero-order valence-corrected chi connectivity index (χ0v) is 20.0. The van der Waals surface area contributed by atoms with Crippen LogP contribution in [0, 0.1) is 18.8 Å². The molecule has 4 rings (SSSR count). The molecule has 1 aromatic carbocycles. The van der Waals surface area contributed by atoms with E-state index in [1.165, 1.54) is 0 Å². The molecule has 3 aromatic rings. The second-order valence-corrected chi connectivity index (χ2v) is 9.37. The van der Waals surface area contributed by atoms with Crippen molar-refractivity contribution in [3.8, 4) is 11.3 Å². The van der Waals surface area contributed by atoms with Crippen molar-refractivity contribution in [2.24, 2.45) is 18.9 Å². The van der Waals surface area contributed by atoms with E-state index in [1.54, 1.807) is 4.68 Å². The Kier molecular flexibility index (Phi) is 6.77. The van der Waals surface area contributed by atoms with E-state index in [9.17, 15) is 9.59 Å². The van der Waals surface area contributed by atoms with Gasteiger partial charge in [-0.3, -0.25) is 14.3 Å². The Morgan fingerprint density at radius 3 is 2.52 bits per heavy atom. The van der Waals surface area contributed by atoms with E-state index in [-0.39, 0.29) is 17.7 Å². The minimum Gasteiger partial charge on any atom is -0.356 e. The predicted octanol–water partition coefficient (Wildman–Crippen LogP) is 3.96. The minimum atomic E-state index is -0.0290. The molecule has 0 bridgehead atoms. The van der Waals surface area contributed by atoms with Crippen molar-refractivity contribution < 1.29 is 9.59 Å². The molecule has 1 fully saturated rings. The Bertz CT molecular complexity index is 1140. The van der Waals surface area contributed by atoms with Crippen LogP contribution in [0.25, 0.3) is 22.3 Å². The number of hydrogen-bond acceptors (Lipinski definition) is 4. The Hall–Kier alpha value is -3.22. The van der Waals surface area contributed by atoms with Gasteiger partial charge in [-0.25, -0.2) is 4.98 Å². The van der Waals surface area contributed by atoms with Crippen LogP contribution in [0.2, 0.25) is 0 Å². The number of carbonyl (C=O) groups excluding carboxylic acids is 2. The van der Waals surface area contributed by atoms with E-state index in [1.807, 2.05) is 55.3 Å². The van der Waals surface area contributed by atoms with Gasteiger partial charge < -0.3 is 10.2 Å². The van der Waals surface area contributed by atoms with Crippen molar-refractivity contribution in [1.29, 1.82) is 0 Å². The van der Waals surface area contributed by atoms with Crippen LogP contribution in [0.3, 0.4) is 0 Å². The second-order valence-electron chi connectivity index (χ2n) is 9.37. The summed E-state index contributed by atoms with van der Waals surface area (Å²) in [6, 6.07) is 11.8. The van der Waals surface area contributed by atoms with Gasteiger partial charge in [-0.2, -0.15) is 5.10 Å². The third kappa shape index (κ3) is 4.92. The number of aromatic nitrogens is 3. The molecule has 1 saturated heterocycles. The van der Waals surface area contributed by atoms with Gasteiger partial charge >= 0.3 is 0 Å². The molecule has 1 aliphatic rings. The van der Waals surface area contributed by atoms with Crippen molar-refractivity contribution in [2.75, 3.05) is 19.6 Å². The summed E-state index contributed by atoms with van der Waals surface area (Å²) >= 11 is 0. The number of carbonyl (C=O) groups is 2. The van der Waals surface area contributed by atoms with Crippen LogP contribution in [-0.2, 0) is 11.8 Å². The van der Waals surface area contributed by atoms with Gasteiger partial charge in [-0.05, 0) is 38.2 Å². The van der Waals surface area contributed by atoms with Crippen molar-refractivity contribution in [3.63, 3.8) is 0 Å². The van der Waals surface area contributed by atoms with Crippen LogP contribution in [0.4, 0.5) is 0 Å². The van der Waals surface area contributed by atoms with Crippen molar-refractivity contribution >= 4 is 22.8 Å². The number of nitrogens with zero attached hydrogens (tertiary/aromatic N) is 4. The number of benzene rings is 1. The summed E-state index contributed by atoms with van der Waals surface area (Å²) in [5, 5.41) is 8.38. The standard InChI is InChI=1S/C26H33N5O2/c1-17(2)10-13-27-25(32)20-11-14-31(15-12-20)26(33)21-16-22(19-8-6-5-7-9-19)28-24-23(21)18(3)29-30(24)4/h5-9,16-17,20H,10-15H2,1-4H3,(H,27,32). The molecule has 0 aliphatic carbocycles. The number of pyridine rings is 1. The molecule has 2 amide bonds. The highest BCUT2D eigenvalue weighted by molar-refractivity contribution is 6.07. The lowest BCUT2D eigenvalue weighted by Crippen LogP contribution is -2.43. The molecule has 0 saturated carbocycles. The topological polar surface area (TPSA) is 80.1 Å². The van der Waals surface area contributed by atoms with Crippen LogP contribution in [0.15, 0.2) is 36.4 Å². The first-order chi connectivity index (χ1) is 15.8. The summed E-state index contributed by atoms with van der Waals surface area (Å²) in [6.07, 6.45) is 2.35. The van der Waals surface area contributed by atoms with E-state index in [0.29, 0.717) is 49.6 Å². The molecule has 0 unspecified atom stereocenters. The molecule has 2 aromatic heterocycles. The average Bonchev–Trinajstić information content (AvgIpc) is 3.11. The molecule has 0 spiro atoms. The molecule has 0 atom stereocenters. The number of fused-ring (bicyclic) bond motifs is 1. The summed E-state index contributed by atoms with van der Waals surface area (Å²) in [5.74, 6) is 0.634. The van der Waals surface area contributed by atoms with Gasteiger partial charge in [-0.1, -0.05) is 44.2 Å². The Balaban J connectivity index is 1.54. The van der Waals surface area contributed by atoms with Gasteiger partial charge in [0.05, 0.1) is 22.3 Å². The SMILES string of the molecule is Cc1nn(C)c2nc(-c3ccccc3)cc(C(=O)N3CCC(C(=O)NCCC(C)C)CC3)c12. The molecule has 0 radical (unpaired) electrons. The Morgan fingerprint density at radius 2 is 1.85 bits per heavy atom. The number of aryl methyl sites for hydroxylation is 2. The zero-order chi connectivity index (χ0) is 23.5. The molecule has 1 aliphatic heterocycles. The Morgan fingerprint density at radius 1 is 1.15 bits per heavy atom. The first-order valence-electron chi connectivity index (χ1n) is 11.8. The number of piperidine rings is 1. The third-order valence-corrected chi connectivity index (χ3v) is 6.44. The number of amides is 2. The molecule has 174 valence electrons. The van der Waals surface area contributed by atoms with E-state index >= 15 is 0 Å². The van der Waals surface area contributed by atoms with Crippen LogP contribution < -0.4 is 5.32 Å². The summed E-state index contributed by atoms with van der Waals surface area (Å²) in [5.41, 5.74) is 3.85. The smallest absolute Gasteiger partial charge is 0.254 e. The van der Waals surface area contributed by atoms with E-state index in [2.05, 4.69) is 24.3 Å². The summed E-state index contributed by atoms with van der Waals surface area (Å²) < 4.78 is 1.74. The lowest BCUT2D eigenvalue weighted by Gasteiger charge is -2.31. The van der Waals surface area contributed by atoms with Gasteiger partial charge in [0.15, 0.2) is 5.65 Å². The van der Waals surface area contributed by atoms with Crippen LogP contribution in [0.5, 0.6) is 0 Å². The maximum absolute atomic E-state index is 13.6. The summed E-state index contributed by atoms with van der Waals surface area (Å²) in [7, 11) is 1.86. The third-order valence-electron chi connectivity index (χ3n) is 6.44. The minimum absolute atomic E-state index is 0.0191. The fourth-order valence-electron chi connectivity index (χ4n) is 4.51. The molecule has 7 heteroatoms. The second kappa shape index (κ2) is 9.73. The van der Waals surface area contributed by atoms with Crippen molar-refractivity contribution in [2.45, 2.75) is 40.0 Å². The van der Waals surface area contributed by atoms with Crippen LogP contribution in [-0.4, -0.2) is 51.1 Å². The molecular weight excluding hydrogens is 414 g/mol. The molecule has 33 heavy (non-hydrogen) atoms. The highest BCUT2D eigenvalue weighted by atomic mass is 16.2. The summed E-state index contributed by atoms with van der Waals surface area (Å²) in [4.78, 5) is 32.8. The normalized spacial score (nSPS) is 14.8. The monoisotopic (exact) mass is 447 g/mol. The highest BCUT2D eigenvalue weighted by Gasteiger charge is 2.29. The first kappa shape index (κ1) is 23.0. The fraction of sp³-hybridized carbons (Fsp3) is 0.462. The van der Waals surface area contributed by atoms with Gasteiger partial charge in [0.1, 0.15) is 0 Å². The quantitative estimate of drug-likeness (QED) is 0.620. The van der Waals surface area contributed by atoms with E-state index in [0.717, 1.165) is 28.8 Å². The Labute approximate surface area is 195 Å². The summed E-state index contributed by atoms with van der Waals surface area (Å²) in [6.45, 7) is 8.08.